The maximum Gasteiger partial charge on any atom is 0.342 e. The molecule has 3 aliphatic rings. The first-order chi connectivity index (χ1) is 12.0. The first-order valence-electron chi connectivity index (χ1n) is 8.50. The van der Waals surface area contributed by atoms with E-state index in [1.807, 2.05) is 0 Å². The molecule has 0 spiro atoms. The Morgan fingerprint density at radius 1 is 1.35 bits per heavy atom. The van der Waals surface area contributed by atoms with Crippen LogP contribution in [-0.2, 0) is 28.5 Å². The molecule has 26 heavy (non-hydrogen) atoms. The highest BCUT2D eigenvalue weighted by Gasteiger charge is 2.58. The van der Waals surface area contributed by atoms with Gasteiger partial charge in [0.15, 0.2) is 5.79 Å². The summed E-state index contributed by atoms with van der Waals surface area (Å²) < 4.78 is 21.7. The zero-order valence-electron chi connectivity index (χ0n) is 15.3. The number of fused-ring (bicyclic) bond motifs is 3. The van der Waals surface area contributed by atoms with E-state index in [1.54, 1.807) is 13.0 Å². The summed E-state index contributed by atoms with van der Waals surface area (Å²) in [6.07, 6.45) is 1.03. The number of hydrogen-bond donors (Lipinski definition) is 2. The lowest BCUT2D eigenvalue weighted by molar-refractivity contribution is -0.298. The zero-order chi connectivity index (χ0) is 19.3. The second-order valence-corrected chi connectivity index (χ2v) is 7.50. The zero-order valence-corrected chi connectivity index (χ0v) is 15.3. The molecule has 0 aromatic rings. The Kier molecular flexibility index (Phi) is 4.51. The minimum atomic E-state index is -1.82. The Labute approximate surface area is 151 Å². The summed E-state index contributed by atoms with van der Waals surface area (Å²) in [5.74, 6) is -2.79. The van der Waals surface area contributed by atoms with Gasteiger partial charge in [-0.3, -0.25) is 4.79 Å². The lowest BCUT2D eigenvalue weighted by atomic mass is 9.82. The fraction of sp³-hybridized carbons (Fsp3) is 0.667. The van der Waals surface area contributed by atoms with Crippen molar-refractivity contribution in [2.75, 3.05) is 13.7 Å². The number of esters is 2. The lowest BCUT2D eigenvalue weighted by Crippen LogP contribution is -2.54. The summed E-state index contributed by atoms with van der Waals surface area (Å²) in [6.45, 7) is 4.36. The summed E-state index contributed by atoms with van der Waals surface area (Å²) >= 11 is 0. The Bertz CT molecular complexity index is 706. The van der Waals surface area contributed by atoms with Crippen LogP contribution in [0.2, 0.25) is 0 Å². The van der Waals surface area contributed by atoms with Crippen molar-refractivity contribution in [1.29, 1.82) is 0 Å². The van der Waals surface area contributed by atoms with E-state index in [2.05, 4.69) is 0 Å². The number of ether oxygens (including phenoxy) is 4. The van der Waals surface area contributed by atoms with E-state index in [4.69, 9.17) is 18.9 Å². The Morgan fingerprint density at radius 3 is 2.65 bits per heavy atom. The van der Waals surface area contributed by atoms with Crippen LogP contribution >= 0.6 is 0 Å². The predicted molar refractivity (Wildman–Crippen MR) is 87.5 cm³/mol. The molecule has 8 heteroatoms. The van der Waals surface area contributed by atoms with E-state index < -0.39 is 35.0 Å². The summed E-state index contributed by atoms with van der Waals surface area (Å²) in [4.78, 5) is 24.0. The molecule has 8 nitrogen and oxygen atoms in total. The van der Waals surface area contributed by atoms with Crippen LogP contribution in [0.3, 0.4) is 0 Å². The molecule has 0 aromatic heterocycles. The van der Waals surface area contributed by atoms with Gasteiger partial charge in [-0.1, -0.05) is 0 Å². The summed E-state index contributed by atoms with van der Waals surface area (Å²) in [7, 11) is 1.43. The second-order valence-electron chi connectivity index (χ2n) is 7.50. The smallest absolute Gasteiger partial charge is 0.342 e. The standard InChI is InChI=1S/C18H24O8/c1-10(19)24-13-8-17(3,21)18(22)6-5-16(2,26-18)7-12-14(13)11(9-23-4)15(20)25-12/h7,13,21-22H,5-6,8-9H2,1-4H3/t13-,16+,17-,18-/m0/s1. The van der Waals surface area contributed by atoms with Gasteiger partial charge in [0.05, 0.1) is 17.8 Å². The molecular formula is C18H24O8. The molecular weight excluding hydrogens is 344 g/mol. The molecule has 2 N–H and O–H groups in total. The van der Waals surface area contributed by atoms with Gasteiger partial charge in [0.2, 0.25) is 0 Å². The molecule has 3 aliphatic heterocycles. The highest BCUT2D eigenvalue weighted by molar-refractivity contribution is 5.95. The van der Waals surface area contributed by atoms with Gasteiger partial charge in [-0.05, 0) is 26.3 Å². The second kappa shape index (κ2) is 6.16. The summed E-state index contributed by atoms with van der Waals surface area (Å²) in [5, 5.41) is 21.9. The molecule has 1 fully saturated rings. The Balaban J connectivity index is 2.19. The van der Waals surface area contributed by atoms with Crippen LogP contribution in [0.4, 0.5) is 0 Å². The SMILES string of the molecule is COCC1=C2C(=C[C@@]3(C)CC[C@](O)(O3)[C@@](C)(O)C[C@@H]2OC(C)=O)OC1=O. The Morgan fingerprint density at radius 2 is 2.04 bits per heavy atom. The van der Waals surface area contributed by atoms with Crippen molar-refractivity contribution >= 4 is 11.9 Å². The maximum absolute atomic E-state index is 12.3. The number of rotatable bonds is 3. The summed E-state index contributed by atoms with van der Waals surface area (Å²) in [5.41, 5.74) is -2.12. The number of aliphatic hydroxyl groups is 2. The molecule has 0 saturated carbocycles. The topological polar surface area (TPSA) is 112 Å². The molecule has 0 unspecified atom stereocenters. The van der Waals surface area contributed by atoms with Gasteiger partial charge < -0.3 is 29.2 Å². The molecule has 144 valence electrons. The van der Waals surface area contributed by atoms with Gasteiger partial charge in [0.1, 0.15) is 17.5 Å². The highest BCUT2D eigenvalue weighted by atomic mass is 16.7. The van der Waals surface area contributed by atoms with E-state index in [-0.39, 0.29) is 30.8 Å². The van der Waals surface area contributed by atoms with Crippen molar-refractivity contribution in [2.24, 2.45) is 0 Å². The summed E-state index contributed by atoms with van der Waals surface area (Å²) in [6, 6.07) is 0. The average Bonchev–Trinajstić information content (AvgIpc) is 2.97. The van der Waals surface area contributed by atoms with E-state index in [1.165, 1.54) is 21.0 Å². The average molecular weight is 368 g/mol. The van der Waals surface area contributed by atoms with Crippen molar-refractivity contribution in [3.63, 3.8) is 0 Å². The minimum Gasteiger partial charge on any atom is -0.457 e. The highest BCUT2D eigenvalue weighted by Crippen LogP contribution is 2.49. The molecule has 0 radical (unpaired) electrons. The van der Waals surface area contributed by atoms with E-state index in [0.29, 0.717) is 12.0 Å². The number of carbonyl (C=O) groups excluding carboxylic acids is 2. The van der Waals surface area contributed by atoms with Gasteiger partial charge >= 0.3 is 11.9 Å². The fourth-order valence-electron chi connectivity index (χ4n) is 3.80. The first-order valence-corrected chi connectivity index (χ1v) is 8.50. The molecule has 0 aliphatic carbocycles. The van der Waals surface area contributed by atoms with Crippen LogP contribution in [0, 0.1) is 0 Å². The molecule has 0 amide bonds. The van der Waals surface area contributed by atoms with Crippen molar-refractivity contribution in [1.82, 2.24) is 0 Å². The third kappa shape index (κ3) is 3.07. The van der Waals surface area contributed by atoms with Crippen LogP contribution in [0.25, 0.3) is 0 Å². The van der Waals surface area contributed by atoms with Crippen molar-refractivity contribution in [3.8, 4) is 0 Å². The first kappa shape index (κ1) is 19.0. The van der Waals surface area contributed by atoms with Gasteiger partial charge in [0, 0.05) is 32.4 Å². The van der Waals surface area contributed by atoms with Crippen LogP contribution in [0.1, 0.15) is 40.0 Å². The van der Waals surface area contributed by atoms with Crippen LogP contribution in [-0.4, -0.2) is 59.0 Å². The molecule has 3 rings (SSSR count). The Hall–Kier alpha value is -1.74. The van der Waals surface area contributed by atoms with Gasteiger partial charge in [0.25, 0.3) is 0 Å². The van der Waals surface area contributed by atoms with E-state index in [0.717, 1.165) is 0 Å². The van der Waals surface area contributed by atoms with Crippen LogP contribution in [0.5, 0.6) is 0 Å². The minimum absolute atomic E-state index is 0.0345. The number of hydrogen-bond acceptors (Lipinski definition) is 8. The largest absolute Gasteiger partial charge is 0.457 e. The van der Waals surface area contributed by atoms with Gasteiger partial charge in [-0.25, -0.2) is 4.79 Å². The maximum atomic E-state index is 12.3. The molecule has 3 heterocycles. The van der Waals surface area contributed by atoms with Gasteiger partial charge in [-0.2, -0.15) is 0 Å². The molecule has 4 atom stereocenters. The van der Waals surface area contributed by atoms with Crippen molar-refractivity contribution in [2.45, 2.75) is 63.1 Å². The van der Waals surface area contributed by atoms with Crippen LogP contribution < -0.4 is 0 Å². The lowest BCUT2D eigenvalue weighted by Gasteiger charge is -2.40. The van der Waals surface area contributed by atoms with Gasteiger partial charge in [-0.15, -0.1) is 0 Å². The molecule has 0 aromatic carbocycles. The monoisotopic (exact) mass is 368 g/mol. The predicted octanol–water partition coefficient (Wildman–Crippen LogP) is 0.714. The quantitative estimate of drug-likeness (QED) is 0.701. The number of carbonyl (C=O) groups is 2. The van der Waals surface area contributed by atoms with Crippen molar-refractivity contribution < 1.29 is 38.7 Å². The normalized spacial score (nSPS) is 39.5. The van der Waals surface area contributed by atoms with Crippen LogP contribution in [0.15, 0.2) is 23.0 Å². The van der Waals surface area contributed by atoms with Crippen molar-refractivity contribution in [3.05, 3.63) is 23.0 Å². The third-order valence-electron chi connectivity index (χ3n) is 5.18. The molecule has 1 saturated heterocycles. The van der Waals surface area contributed by atoms with E-state index >= 15 is 0 Å². The van der Waals surface area contributed by atoms with E-state index in [9.17, 15) is 19.8 Å². The molecule has 2 bridgehead atoms. The third-order valence-corrected chi connectivity index (χ3v) is 5.18. The fourth-order valence-corrected chi connectivity index (χ4v) is 3.80. The number of methoxy groups -OCH3 is 1.